The summed E-state index contributed by atoms with van der Waals surface area (Å²) in [6, 6.07) is -4.76. The van der Waals surface area contributed by atoms with Crippen LogP contribution in [0.3, 0.4) is 0 Å². The Bertz CT molecular complexity index is 696. The Labute approximate surface area is 194 Å². The van der Waals surface area contributed by atoms with Gasteiger partial charge in [0, 0.05) is 6.42 Å². The van der Waals surface area contributed by atoms with Crippen LogP contribution < -0.4 is 27.4 Å². The van der Waals surface area contributed by atoms with E-state index in [2.05, 4.69) is 16.0 Å². The molecule has 0 aliphatic rings. The van der Waals surface area contributed by atoms with E-state index in [4.69, 9.17) is 11.5 Å². The van der Waals surface area contributed by atoms with E-state index in [1.54, 1.807) is 13.8 Å². The standard InChI is InChI=1S/C21H39N5O7/c1-10(2)8-14(25-20(31)17(23)12(5)27)19(30)24-13(6-7-16(22)28)18(29)26-15(21(32)33)9-11(3)4/h10-15,17,27H,6-9,23H2,1-5H3,(H2,22,28)(H,24,30)(H,25,31)(H,26,29)(H,32,33). The van der Waals surface area contributed by atoms with Crippen molar-refractivity contribution in [2.45, 2.75) is 90.6 Å². The van der Waals surface area contributed by atoms with E-state index in [0.29, 0.717) is 0 Å². The molecule has 9 N–H and O–H groups in total. The molecule has 0 bridgehead atoms. The first-order chi connectivity index (χ1) is 15.1. The van der Waals surface area contributed by atoms with Gasteiger partial charge in [0.2, 0.25) is 23.6 Å². The zero-order valence-corrected chi connectivity index (χ0v) is 20.0. The van der Waals surface area contributed by atoms with Crippen LogP contribution in [-0.4, -0.2) is 70.1 Å². The summed E-state index contributed by atoms with van der Waals surface area (Å²) in [4.78, 5) is 60.7. The number of aliphatic hydroxyl groups is 1. The topological polar surface area (TPSA) is 214 Å². The molecule has 0 radical (unpaired) electrons. The molecule has 5 unspecified atom stereocenters. The highest BCUT2D eigenvalue weighted by molar-refractivity contribution is 5.94. The second kappa shape index (κ2) is 14.4. The highest BCUT2D eigenvalue weighted by Gasteiger charge is 2.31. The first-order valence-electron chi connectivity index (χ1n) is 11.0. The third kappa shape index (κ3) is 12.2. The van der Waals surface area contributed by atoms with Crippen molar-refractivity contribution < 1.29 is 34.2 Å². The molecule has 12 nitrogen and oxygen atoms in total. The van der Waals surface area contributed by atoms with Gasteiger partial charge < -0.3 is 37.6 Å². The van der Waals surface area contributed by atoms with Gasteiger partial charge in [0.15, 0.2) is 0 Å². The van der Waals surface area contributed by atoms with Gasteiger partial charge in [-0.3, -0.25) is 19.2 Å². The Hall–Kier alpha value is -2.73. The number of carboxylic acid groups (broad SMARTS) is 1. The molecular formula is C21H39N5O7. The number of carbonyl (C=O) groups excluding carboxylic acids is 4. The highest BCUT2D eigenvalue weighted by Crippen LogP contribution is 2.09. The Morgan fingerprint density at radius 2 is 1.18 bits per heavy atom. The summed E-state index contributed by atoms with van der Waals surface area (Å²) in [6.07, 6.45) is -1.15. The second-order valence-corrected chi connectivity index (χ2v) is 9.05. The largest absolute Gasteiger partial charge is 0.480 e. The average Bonchev–Trinajstić information content (AvgIpc) is 2.67. The van der Waals surface area contributed by atoms with Crippen LogP contribution in [0.15, 0.2) is 0 Å². The third-order valence-corrected chi connectivity index (χ3v) is 4.80. The van der Waals surface area contributed by atoms with E-state index in [9.17, 15) is 34.2 Å². The number of rotatable bonds is 15. The fourth-order valence-electron chi connectivity index (χ4n) is 2.98. The molecule has 0 heterocycles. The van der Waals surface area contributed by atoms with Crippen LogP contribution in [-0.2, 0) is 24.0 Å². The zero-order chi connectivity index (χ0) is 25.9. The van der Waals surface area contributed by atoms with Crippen LogP contribution in [0.4, 0.5) is 0 Å². The SMILES string of the molecule is CC(C)CC(NC(=O)C(CCC(N)=O)NC(=O)C(CC(C)C)NC(=O)C(N)C(C)O)C(=O)O. The molecule has 0 saturated heterocycles. The van der Waals surface area contributed by atoms with E-state index in [1.165, 1.54) is 6.92 Å². The molecule has 0 spiro atoms. The summed E-state index contributed by atoms with van der Waals surface area (Å²) < 4.78 is 0. The van der Waals surface area contributed by atoms with Gasteiger partial charge in [-0.25, -0.2) is 4.79 Å². The molecule has 0 saturated carbocycles. The Balaban J connectivity index is 5.59. The van der Waals surface area contributed by atoms with Gasteiger partial charge in [0.25, 0.3) is 0 Å². The van der Waals surface area contributed by atoms with Crippen molar-refractivity contribution in [2.75, 3.05) is 0 Å². The number of aliphatic hydroxyl groups excluding tert-OH is 1. The van der Waals surface area contributed by atoms with Gasteiger partial charge in [-0.2, -0.15) is 0 Å². The summed E-state index contributed by atoms with van der Waals surface area (Å²) >= 11 is 0. The highest BCUT2D eigenvalue weighted by atomic mass is 16.4. The van der Waals surface area contributed by atoms with Crippen molar-refractivity contribution in [3.8, 4) is 0 Å². The minimum atomic E-state index is -1.26. The zero-order valence-electron chi connectivity index (χ0n) is 20.0. The molecule has 0 aromatic rings. The number of hydrogen-bond donors (Lipinski definition) is 7. The molecular weight excluding hydrogens is 434 g/mol. The van der Waals surface area contributed by atoms with Gasteiger partial charge in [-0.15, -0.1) is 0 Å². The summed E-state index contributed by atoms with van der Waals surface area (Å²) in [6.45, 7) is 8.57. The predicted molar refractivity (Wildman–Crippen MR) is 120 cm³/mol. The van der Waals surface area contributed by atoms with Gasteiger partial charge in [0.1, 0.15) is 24.2 Å². The smallest absolute Gasteiger partial charge is 0.326 e. The maximum atomic E-state index is 12.9. The molecule has 0 aliphatic heterocycles. The minimum absolute atomic E-state index is 0.0196. The van der Waals surface area contributed by atoms with Crippen LogP contribution in [0.1, 0.15) is 60.3 Å². The predicted octanol–water partition coefficient (Wildman–Crippen LogP) is -1.41. The van der Waals surface area contributed by atoms with Crippen LogP contribution >= 0.6 is 0 Å². The maximum absolute atomic E-state index is 12.9. The van der Waals surface area contributed by atoms with Gasteiger partial charge in [-0.1, -0.05) is 27.7 Å². The number of carboxylic acids is 1. The number of primary amides is 1. The van der Waals surface area contributed by atoms with Gasteiger partial charge in [-0.05, 0) is 38.0 Å². The van der Waals surface area contributed by atoms with Crippen LogP contribution in [0, 0.1) is 11.8 Å². The number of carbonyl (C=O) groups is 5. The maximum Gasteiger partial charge on any atom is 0.326 e. The van der Waals surface area contributed by atoms with E-state index >= 15 is 0 Å². The quantitative estimate of drug-likeness (QED) is 0.150. The molecule has 0 rings (SSSR count). The summed E-state index contributed by atoms with van der Waals surface area (Å²) in [5, 5.41) is 26.2. The number of nitrogens with two attached hydrogens (primary N) is 2. The molecule has 12 heteroatoms. The van der Waals surface area contributed by atoms with Crippen LogP contribution in [0.2, 0.25) is 0 Å². The fourth-order valence-corrected chi connectivity index (χ4v) is 2.98. The molecule has 0 aromatic carbocycles. The van der Waals surface area contributed by atoms with Crippen LogP contribution in [0.5, 0.6) is 0 Å². The lowest BCUT2D eigenvalue weighted by molar-refractivity contribution is -0.143. The van der Waals surface area contributed by atoms with Crippen LogP contribution in [0.25, 0.3) is 0 Å². The molecule has 33 heavy (non-hydrogen) atoms. The average molecular weight is 474 g/mol. The summed E-state index contributed by atoms with van der Waals surface area (Å²) in [5.74, 6) is -4.21. The number of hydrogen-bond acceptors (Lipinski definition) is 7. The number of aliphatic carboxylic acids is 1. The number of amides is 4. The molecule has 0 aliphatic carbocycles. The van der Waals surface area contributed by atoms with Crippen molar-refractivity contribution in [1.29, 1.82) is 0 Å². The van der Waals surface area contributed by atoms with E-state index in [-0.39, 0.29) is 37.5 Å². The van der Waals surface area contributed by atoms with Gasteiger partial charge in [0.05, 0.1) is 6.10 Å². The first kappa shape index (κ1) is 30.3. The molecule has 190 valence electrons. The lowest BCUT2D eigenvalue weighted by Gasteiger charge is -2.26. The molecule has 5 atom stereocenters. The van der Waals surface area contributed by atoms with E-state index in [0.717, 1.165) is 0 Å². The van der Waals surface area contributed by atoms with Crippen molar-refractivity contribution >= 4 is 29.6 Å². The Kier molecular flexibility index (Phi) is 13.2. The summed E-state index contributed by atoms with van der Waals surface area (Å²) in [7, 11) is 0. The molecule has 0 fully saturated rings. The lowest BCUT2D eigenvalue weighted by Crippen LogP contribution is -2.58. The van der Waals surface area contributed by atoms with Crippen molar-refractivity contribution in [1.82, 2.24) is 16.0 Å². The van der Waals surface area contributed by atoms with Gasteiger partial charge >= 0.3 is 5.97 Å². The Morgan fingerprint density at radius 3 is 1.61 bits per heavy atom. The fraction of sp³-hybridized carbons (Fsp3) is 0.762. The van der Waals surface area contributed by atoms with Crippen molar-refractivity contribution in [3.05, 3.63) is 0 Å². The van der Waals surface area contributed by atoms with E-state index in [1.807, 2.05) is 13.8 Å². The molecule has 4 amide bonds. The summed E-state index contributed by atoms with van der Waals surface area (Å²) in [5.41, 5.74) is 10.8. The first-order valence-corrected chi connectivity index (χ1v) is 11.0. The normalized spacial score (nSPS) is 15.8. The number of nitrogens with one attached hydrogen (secondary N) is 3. The van der Waals surface area contributed by atoms with Crippen molar-refractivity contribution in [2.24, 2.45) is 23.3 Å². The molecule has 0 aromatic heterocycles. The van der Waals surface area contributed by atoms with E-state index < -0.39 is 59.9 Å². The Morgan fingerprint density at radius 1 is 0.758 bits per heavy atom. The lowest BCUT2D eigenvalue weighted by atomic mass is 10.0. The minimum Gasteiger partial charge on any atom is -0.480 e. The monoisotopic (exact) mass is 473 g/mol. The second-order valence-electron chi connectivity index (χ2n) is 9.05. The third-order valence-electron chi connectivity index (χ3n) is 4.80. The van der Waals surface area contributed by atoms with Crippen molar-refractivity contribution in [3.63, 3.8) is 0 Å².